The van der Waals surface area contributed by atoms with Gasteiger partial charge in [-0.3, -0.25) is 0 Å². The molecule has 7 heavy (non-hydrogen) atoms. The molecular weight excluding hydrogens is 194 g/mol. The highest BCUT2D eigenvalue weighted by Gasteiger charge is 1.79. The minimum absolute atomic E-state index is 0. The van der Waals surface area contributed by atoms with Crippen LogP contribution in [0.2, 0.25) is 0 Å². The van der Waals surface area contributed by atoms with E-state index in [1.165, 1.54) is 0 Å². The molecule has 0 aromatic carbocycles. The standard InChI is InChI=1S/C3H7NS2.BrH/c1-6-2-3(4)5;/h2H2,1H3,(H2,4,5);1H. The van der Waals surface area contributed by atoms with Gasteiger partial charge >= 0.3 is 0 Å². The zero-order valence-electron chi connectivity index (χ0n) is 4.01. The molecular formula is C3H8BrNS2. The topological polar surface area (TPSA) is 26.0 Å². The Kier molecular flexibility index (Phi) is 10.2. The van der Waals surface area contributed by atoms with Crippen LogP contribution < -0.4 is 5.73 Å². The predicted octanol–water partition coefficient (Wildman–Crippen LogP) is 1.21. The van der Waals surface area contributed by atoms with Gasteiger partial charge < -0.3 is 5.73 Å². The van der Waals surface area contributed by atoms with Crippen molar-refractivity contribution in [2.45, 2.75) is 0 Å². The molecule has 0 aliphatic carbocycles. The quantitative estimate of drug-likeness (QED) is 0.681. The summed E-state index contributed by atoms with van der Waals surface area (Å²) in [7, 11) is 0. The lowest BCUT2D eigenvalue weighted by Crippen LogP contribution is -2.09. The predicted molar refractivity (Wildman–Crippen MR) is 45.5 cm³/mol. The van der Waals surface area contributed by atoms with Crippen LogP contribution in [0.25, 0.3) is 0 Å². The normalized spacial score (nSPS) is 7.00. The van der Waals surface area contributed by atoms with E-state index < -0.39 is 0 Å². The van der Waals surface area contributed by atoms with Gasteiger partial charge in [0, 0.05) is 5.75 Å². The first-order valence-corrected chi connectivity index (χ1v) is 3.35. The maximum Gasteiger partial charge on any atom is 0.0827 e. The third kappa shape index (κ3) is 10.8. The number of hydrogen-bond acceptors (Lipinski definition) is 2. The van der Waals surface area contributed by atoms with Gasteiger partial charge in [-0.25, -0.2) is 0 Å². The molecule has 0 aliphatic heterocycles. The highest BCUT2D eigenvalue weighted by Crippen LogP contribution is 1.87. The average Bonchev–Trinajstić information content (AvgIpc) is 1.35. The molecule has 0 saturated carbocycles. The van der Waals surface area contributed by atoms with Gasteiger partial charge in [-0.05, 0) is 6.26 Å². The van der Waals surface area contributed by atoms with Gasteiger partial charge in [-0.15, -0.1) is 17.0 Å². The van der Waals surface area contributed by atoms with Crippen LogP contribution in [0.15, 0.2) is 0 Å². The third-order valence-corrected chi connectivity index (χ3v) is 1.21. The molecule has 0 fully saturated rings. The van der Waals surface area contributed by atoms with E-state index in [9.17, 15) is 0 Å². The molecule has 0 radical (unpaired) electrons. The van der Waals surface area contributed by atoms with Crippen LogP contribution in [0.1, 0.15) is 0 Å². The van der Waals surface area contributed by atoms with Gasteiger partial charge in [0.1, 0.15) is 0 Å². The van der Waals surface area contributed by atoms with E-state index in [4.69, 9.17) is 5.73 Å². The minimum Gasteiger partial charge on any atom is -0.393 e. The van der Waals surface area contributed by atoms with E-state index in [0.717, 1.165) is 5.75 Å². The summed E-state index contributed by atoms with van der Waals surface area (Å²) < 4.78 is 0. The molecule has 0 rings (SSSR count). The fourth-order valence-corrected chi connectivity index (χ4v) is 0.780. The summed E-state index contributed by atoms with van der Waals surface area (Å²) in [5.74, 6) is 0.801. The van der Waals surface area contributed by atoms with E-state index in [0.29, 0.717) is 4.99 Å². The van der Waals surface area contributed by atoms with Gasteiger partial charge in [0.05, 0.1) is 4.99 Å². The van der Waals surface area contributed by atoms with Crippen LogP contribution in [-0.2, 0) is 0 Å². The summed E-state index contributed by atoms with van der Waals surface area (Å²) in [5.41, 5.74) is 5.11. The average molecular weight is 202 g/mol. The third-order valence-electron chi connectivity index (χ3n) is 0.287. The number of nitrogens with two attached hydrogens (primary N) is 1. The molecule has 2 N–H and O–H groups in total. The lowest BCUT2D eigenvalue weighted by Gasteiger charge is -1.85. The molecule has 0 aromatic rings. The number of rotatable bonds is 2. The van der Waals surface area contributed by atoms with Gasteiger partial charge in [0.2, 0.25) is 0 Å². The van der Waals surface area contributed by atoms with Crippen molar-refractivity contribution in [3.05, 3.63) is 0 Å². The van der Waals surface area contributed by atoms with Crippen LogP contribution in [-0.4, -0.2) is 17.0 Å². The number of thioether (sulfide) groups is 1. The molecule has 1 nitrogen and oxygen atoms in total. The highest BCUT2D eigenvalue weighted by atomic mass is 79.9. The fourth-order valence-electron chi connectivity index (χ4n) is 0.142. The second-order valence-corrected chi connectivity index (χ2v) is 2.29. The molecule has 0 bridgehead atoms. The van der Waals surface area contributed by atoms with E-state index in [2.05, 4.69) is 12.2 Å². The summed E-state index contributed by atoms with van der Waals surface area (Å²) >= 11 is 6.20. The van der Waals surface area contributed by atoms with E-state index >= 15 is 0 Å². The zero-order valence-corrected chi connectivity index (χ0v) is 7.36. The first-order chi connectivity index (χ1) is 2.77. The van der Waals surface area contributed by atoms with Crippen molar-refractivity contribution >= 4 is 45.9 Å². The van der Waals surface area contributed by atoms with Gasteiger partial charge in [0.15, 0.2) is 0 Å². The summed E-state index contributed by atoms with van der Waals surface area (Å²) in [6, 6.07) is 0. The molecule has 44 valence electrons. The van der Waals surface area contributed by atoms with E-state index in [1.54, 1.807) is 11.8 Å². The maximum absolute atomic E-state index is 5.11. The van der Waals surface area contributed by atoms with E-state index in [-0.39, 0.29) is 17.0 Å². The van der Waals surface area contributed by atoms with Crippen LogP contribution in [0.3, 0.4) is 0 Å². The number of hydrogen-bond donors (Lipinski definition) is 1. The van der Waals surface area contributed by atoms with E-state index in [1.807, 2.05) is 6.26 Å². The summed E-state index contributed by atoms with van der Waals surface area (Å²) in [6.45, 7) is 0. The van der Waals surface area contributed by atoms with Crippen LogP contribution in [0.5, 0.6) is 0 Å². The van der Waals surface area contributed by atoms with Gasteiger partial charge in [-0.1, -0.05) is 12.2 Å². The molecule has 4 heteroatoms. The number of halogens is 1. The monoisotopic (exact) mass is 201 g/mol. The zero-order chi connectivity index (χ0) is 4.99. The van der Waals surface area contributed by atoms with Crippen LogP contribution >= 0.6 is 41.0 Å². The Morgan fingerprint density at radius 1 is 1.86 bits per heavy atom. The molecule has 0 aromatic heterocycles. The molecule has 0 amide bonds. The SMILES string of the molecule is Br.CSCC(N)=S. The van der Waals surface area contributed by atoms with Crippen molar-refractivity contribution in [1.29, 1.82) is 0 Å². The molecule has 0 aliphatic rings. The Hall–Kier alpha value is 0.720. The first-order valence-electron chi connectivity index (χ1n) is 1.54. The Balaban J connectivity index is 0. The lowest BCUT2D eigenvalue weighted by atomic mass is 10.8. The summed E-state index contributed by atoms with van der Waals surface area (Å²) in [6.07, 6.45) is 1.97. The first kappa shape index (κ1) is 10.7. The fraction of sp³-hybridized carbons (Fsp3) is 0.667. The minimum atomic E-state index is 0. The molecule has 0 atom stereocenters. The summed E-state index contributed by atoms with van der Waals surface area (Å²) in [5, 5.41) is 0. The van der Waals surface area contributed by atoms with Crippen molar-refractivity contribution in [2.24, 2.45) is 5.73 Å². The van der Waals surface area contributed by atoms with Crippen molar-refractivity contribution < 1.29 is 0 Å². The molecule has 0 saturated heterocycles. The smallest absolute Gasteiger partial charge is 0.0827 e. The number of thiocarbonyl (C=S) groups is 1. The maximum atomic E-state index is 5.11. The summed E-state index contributed by atoms with van der Waals surface area (Å²) in [4.78, 5) is 0.586. The highest BCUT2D eigenvalue weighted by molar-refractivity contribution is 8.93. The lowest BCUT2D eigenvalue weighted by molar-refractivity contribution is 1.75. The van der Waals surface area contributed by atoms with Crippen LogP contribution in [0.4, 0.5) is 0 Å². The van der Waals surface area contributed by atoms with Crippen molar-refractivity contribution in [3.8, 4) is 0 Å². The van der Waals surface area contributed by atoms with Crippen molar-refractivity contribution in [1.82, 2.24) is 0 Å². The Morgan fingerprint density at radius 3 is 2.29 bits per heavy atom. The Labute approximate surface area is 63.8 Å². The molecule has 0 heterocycles. The Morgan fingerprint density at radius 2 is 2.29 bits per heavy atom. The van der Waals surface area contributed by atoms with Crippen molar-refractivity contribution in [2.75, 3.05) is 12.0 Å². The van der Waals surface area contributed by atoms with Crippen molar-refractivity contribution in [3.63, 3.8) is 0 Å². The van der Waals surface area contributed by atoms with Crippen LogP contribution in [0, 0.1) is 0 Å². The second kappa shape index (κ2) is 6.72. The Bertz CT molecular complexity index is 56.9. The largest absolute Gasteiger partial charge is 0.393 e. The second-order valence-electron chi connectivity index (χ2n) is 0.899. The molecule has 0 unspecified atom stereocenters. The molecule has 0 spiro atoms. The van der Waals surface area contributed by atoms with Gasteiger partial charge in [-0.2, -0.15) is 11.8 Å². The van der Waals surface area contributed by atoms with Gasteiger partial charge in [0.25, 0.3) is 0 Å².